The van der Waals surface area contributed by atoms with Crippen LogP contribution in [0.4, 0.5) is 0 Å². The van der Waals surface area contributed by atoms with E-state index in [4.69, 9.17) is 4.74 Å². The van der Waals surface area contributed by atoms with E-state index in [1.54, 1.807) is 19.4 Å². The van der Waals surface area contributed by atoms with E-state index < -0.39 is 17.4 Å². The molecule has 0 amide bonds. The largest absolute Gasteiger partial charge is 0.481 e. The predicted octanol–water partition coefficient (Wildman–Crippen LogP) is 6.17. The summed E-state index contributed by atoms with van der Waals surface area (Å²) in [4.78, 5) is 23.7. The Kier molecular flexibility index (Phi) is 6.23. The molecule has 5 atom stereocenters. The van der Waals surface area contributed by atoms with Crippen molar-refractivity contribution in [3.63, 3.8) is 0 Å². The molecule has 29 heavy (non-hydrogen) atoms. The normalized spacial score (nSPS) is 39.7. The molecule has 0 radical (unpaired) electrons. The summed E-state index contributed by atoms with van der Waals surface area (Å²) in [6.07, 6.45) is 10.8. The number of carbonyl (C=O) groups is 2. The first-order valence-corrected chi connectivity index (χ1v) is 12.2. The van der Waals surface area contributed by atoms with Gasteiger partial charge in [0, 0.05) is 8.84 Å². The average Bonchev–Trinajstić information content (AvgIpc) is 2.58. The second kappa shape index (κ2) is 7.83. The Bertz CT molecular complexity index is 710. The van der Waals surface area contributed by atoms with Gasteiger partial charge in [-0.3, -0.25) is 9.59 Å². The van der Waals surface area contributed by atoms with Gasteiger partial charge in [-0.2, -0.15) is 0 Å². The average molecular weight is 516 g/mol. The number of carbonyl (C=O) groups excluding carboxylic acids is 1. The monoisotopic (exact) mass is 516 g/mol. The molecule has 4 nitrogen and oxygen atoms in total. The van der Waals surface area contributed by atoms with Crippen LogP contribution < -0.4 is 0 Å². The maximum atomic E-state index is 12.4. The van der Waals surface area contributed by atoms with E-state index in [2.05, 4.69) is 49.4 Å². The van der Waals surface area contributed by atoms with Crippen LogP contribution in [-0.2, 0) is 14.3 Å². The van der Waals surface area contributed by atoms with Crippen LogP contribution in [0.5, 0.6) is 0 Å². The molecular formula is C24H37IO4. The summed E-state index contributed by atoms with van der Waals surface area (Å²) < 4.78 is 6.09. The van der Waals surface area contributed by atoms with E-state index >= 15 is 0 Å². The number of hydrogen-bond acceptors (Lipinski definition) is 3. The van der Waals surface area contributed by atoms with Crippen LogP contribution >= 0.6 is 22.6 Å². The number of hydrogen-bond donors (Lipinski definition) is 1. The first-order valence-electron chi connectivity index (χ1n) is 11.1. The first kappa shape index (κ1) is 23.1. The topological polar surface area (TPSA) is 63.6 Å². The summed E-state index contributed by atoms with van der Waals surface area (Å²) in [5.41, 5.74) is 0.755. The maximum Gasteiger partial charge on any atom is 0.309 e. The van der Waals surface area contributed by atoms with Crippen molar-refractivity contribution < 1.29 is 19.4 Å². The Balaban J connectivity index is 1.74. The van der Waals surface area contributed by atoms with Gasteiger partial charge < -0.3 is 9.84 Å². The van der Waals surface area contributed by atoms with Crippen LogP contribution in [0.3, 0.4) is 0 Å². The predicted molar refractivity (Wildman–Crippen MR) is 123 cm³/mol. The second-order valence-electron chi connectivity index (χ2n) is 11.3. The SMILES string of the molecule is CC(C)(CC(=O)OC[C@]1(C)CCC[C@@]2(C)C3=CC[C@](C)(I)CC3CCC12)C(=O)O. The fourth-order valence-corrected chi connectivity index (χ4v) is 7.17. The van der Waals surface area contributed by atoms with Crippen molar-refractivity contribution in [3.8, 4) is 0 Å². The number of fused-ring (bicyclic) bond motifs is 3. The van der Waals surface area contributed by atoms with Crippen LogP contribution in [0, 0.1) is 28.1 Å². The summed E-state index contributed by atoms with van der Waals surface area (Å²) in [7, 11) is 0. The van der Waals surface area contributed by atoms with Crippen molar-refractivity contribution in [1.29, 1.82) is 0 Å². The van der Waals surface area contributed by atoms with Gasteiger partial charge in [-0.25, -0.2) is 0 Å². The van der Waals surface area contributed by atoms with E-state index in [1.807, 2.05) is 0 Å². The lowest BCUT2D eigenvalue weighted by atomic mass is 9.47. The van der Waals surface area contributed by atoms with Crippen LogP contribution in [-0.4, -0.2) is 27.1 Å². The molecule has 0 saturated heterocycles. The zero-order chi connectivity index (χ0) is 21.7. The highest BCUT2D eigenvalue weighted by Crippen LogP contribution is 2.63. The number of rotatable bonds is 5. The van der Waals surface area contributed by atoms with E-state index in [9.17, 15) is 14.7 Å². The first-order chi connectivity index (χ1) is 13.3. The highest BCUT2D eigenvalue weighted by molar-refractivity contribution is 14.1. The minimum Gasteiger partial charge on any atom is -0.481 e. The Hall–Kier alpha value is -0.590. The molecule has 0 aromatic carbocycles. The third-order valence-electron chi connectivity index (χ3n) is 8.11. The zero-order valence-electron chi connectivity index (χ0n) is 18.6. The third kappa shape index (κ3) is 4.54. The summed E-state index contributed by atoms with van der Waals surface area (Å²) in [6.45, 7) is 10.7. The molecule has 0 bridgehead atoms. The molecule has 2 saturated carbocycles. The quantitative estimate of drug-likeness (QED) is 0.206. The van der Waals surface area contributed by atoms with E-state index in [1.165, 1.54) is 25.7 Å². The highest BCUT2D eigenvalue weighted by atomic mass is 127. The van der Waals surface area contributed by atoms with Crippen LogP contribution in [0.2, 0.25) is 0 Å². The third-order valence-corrected chi connectivity index (χ3v) is 8.99. The summed E-state index contributed by atoms with van der Waals surface area (Å²) >= 11 is 2.63. The number of alkyl halides is 1. The van der Waals surface area contributed by atoms with Crippen molar-refractivity contribution in [1.82, 2.24) is 0 Å². The van der Waals surface area contributed by atoms with Crippen molar-refractivity contribution in [2.24, 2.45) is 28.1 Å². The Labute approximate surface area is 189 Å². The molecule has 0 heterocycles. The molecule has 3 aliphatic rings. The molecule has 0 aromatic rings. The lowest BCUT2D eigenvalue weighted by Crippen LogP contribution is -2.52. The van der Waals surface area contributed by atoms with Crippen molar-refractivity contribution in [2.75, 3.05) is 6.61 Å². The molecule has 0 spiro atoms. The fraction of sp³-hybridized carbons (Fsp3) is 0.833. The summed E-state index contributed by atoms with van der Waals surface area (Å²) in [5.74, 6) is -0.133. The minimum absolute atomic E-state index is 0.0348. The highest BCUT2D eigenvalue weighted by Gasteiger charge is 2.55. The molecule has 2 unspecified atom stereocenters. The van der Waals surface area contributed by atoms with Gasteiger partial charge in [-0.05, 0) is 69.6 Å². The number of carboxylic acids is 1. The number of esters is 1. The molecule has 0 aromatic heterocycles. The molecule has 0 aliphatic heterocycles. The maximum absolute atomic E-state index is 12.4. The molecule has 3 aliphatic carbocycles. The Morgan fingerprint density at radius 2 is 1.93 bits per heavy atom. The number of allylic oxidation sites excluding steroid dienone is 2. The molecule has 1 N–H and O–H groups in total. The Morgan fingerprint density at radius 1 is 1.24 bits per heavy atom. The van der Waals surface area contributed by atoms with Gasteiger partial charge in [0.05, 0.1) is 18.4 Å². The lowest BCUT2D eigenvalue weighted by molar-refractivity contribution is -0.161. The number of ether oxygens (including phenoxy) is 1. The van der Waals surface area contributed by atoms with Crippen molar-refractivity contribution in [2.45, 2.75) is 89.4 Å². The van der Waals surface area contributed by atoms with Gasteiger partial charge >= 0.3 is 11.9 Å². The number of halogens is 1. The van der Waals surface area contributed by atoms with E-state index in [-0.39, 0.29) is 17.3 Å². The van der Waals surface area contributed by atoms with Crippen molar-refractivity contribution in [3.05, 3.63) is 11.6 Å². The van der Waals surface area contributed by atoms with Gasteiger partial charge in [-0.1, -0.05) is 61.4 Å². The lowest BCUT2D eigenvalue weighted by Gasteiger charge is -2.59. The van der Waals surface area contributed by atoms with Crippen LogP contribution in [0.25, 0.3) is 0 Å². The Morgan fingerprint density at radius 3 is 2.59 bits per heavy atom. The fourth-order valence-electron chi connectivity index (χ4n) is 6.42. The van der Waals surface area contributed by atoms with Gasteiger partial charge in [0.2, 0.25) is 0 Å². The van der Waals surface area contributed by atoms with Gasteiger partial charge in [-0.15, -0.1) is 0 Å². The smallest absolute Gasteiger partial charge is 0.309 e. The summed E-state index contributed by atoms with van der Waals surface area (Å²) in [6, 6.07) is 0. The zero-order valence-corrected chi connectivity index (χ0v) is 20.8. The minimum atomic E-state index is -1.09. The standard InChI is InChI=1S/C24H37IO4/c1-21(2,20(27)28)14-19(26)29-15-22(3)10-6-11-24(5)17-9-12-23(4,25)13-16(17)7-8-18(22)24/h9,16,18H,6-8,10-15H2,1-5H3,(H,27,28)/t16?,18?,22-,23-,24-/m0/s1. The molecule has 164 valence electrons. The molecular weight excluding hydrogens is 479 g/mol. The second-order valence-corrected chi connectivity index (χ2v) is 13.9. The van der Waals surface area contributed by atoms with E-state index in [0.29, 0.717) is 21.9 Å². The number of carboxylic acid groups (broad SMARTS) is 1. The van der Waals surface area contributed by atoms with Gasteiger partial charge in [0.25, 0.3) is 0 Å². The van der Waals surface area contributed by atoms with Crippen LogP contribution in [0.15, 0.2) is 11.6 Å². The van der Waals surface area contributed by atoms with Crippen molar-refractivity contribution >= 4 is 34.5 Å². The number of aliphatic carboxylic acids is 1. The molecule has 2 fully saturated rings. The summed E-state index contributed by atoms with van der Waals surface area (Å²) in [5, 5.41) is 9.28. The van der Waals surface area contributed by atoms with E-state index in [0.717, 1.165) is 19.3 Å². The molecule has 5 heteroatoms. The van der Waals surface area contributed by atoms with Gasteiger partial charge in [0.1, 0.15) is 0 Å². The van der Waals surface area contributed by atoms with Gasteiger partial charge in [0.15, 0.2) is 0 Å². The molecule has 3 rings (SSSR count). The van der Waals surface area contributed by atoms with Crippen LogP contribution in [0.1, 0.15) is 86.0 Å².